The second kappa shape index (κ2) is 23.0. The van der Waals surface area contributed by atoms with Crippen LogP contribution < -0.4 is 26.6 Å². The maximum absolute atomic E-state index is 14.2. The van der Waals surface area contributed by atoms with Crippen LogP contribution in [0.4, 0.5) is 5.69 Å². The molecule has 4 aromatic rings. The van der Waals surface area contributed by atoms with Crippen LogP contribution >= 0.6 is 11.3 Å². The molecule has 0 aliphatic carbocycles. The summed E-state index contributed by atoms with van der Waals surface area (Å²) in [6.45, 7) is 11.6. The summed E-state index contributed by atoms with van der Waals surface area (Å²) in [5.41, 5.74) is 14.8. The zero-order chi connectivity index (χ0) is 50.3. The smallest absolute Gasteiger partial charge is 0.246 e. The lowest BCUT2D eigenvalue weighted by Crippen LogP contribution is -2.57. The SMILES string of the molecule is Cc1ncsc1-c1ccc([C@H](C)NC(=O)[C@@H]2C[C@@H](O)CN2C(=O)[C@@H](NC(=O)CCCCc2ccc(CO[C@H](C)[C@H](CCC(N)=O)NC(=O)[C@@H]3Cc4cccc5c4N3C(O)CCC5)cc2)C(C)(C)C)cc1. The molecule has 3 aliphatic rings. The second-order valence-corrected chi connectivity index (χ2v) is 21.3. The summed E-state index contributed by atoms with van der Waals surface area (Å²) in [6, 6.07) is 18.9. The lowest BCUT2D eigenvalue weighted by molar-refractivity contribution is -0.144. The number of aryl methyl sites for hydroxylation is 3. The van der Waals surface area contributed by atoms with E-state index in [4.69, 9.17) is 10.5 Å². The van der Waals surface area contributed by atoms with Gasteiger partial charge in [-0.05, 0) is 105 Å². The number of carbonyl (C=O) groups excluding carboxylic acids is 5. The van der Waals surface area contributed by atoms with Crippen LogP contribution in [0.1, 0.15) is 126 Å². The lowest BCUT2D eigenvalue weighted by atomic mass is 9.85. The van der Waals surface area contributed by atoms with Crippen LogP contribution in [0.15, 0.2) is 72.2 Å². The summed E-state index contributed by atoms with van der Waals surface area (Å²) >= 11 is 1.58. The first-order chi connectivity index (χ1) is 33.4. The number of hydrogen-bond acceptors (Lipinski definition) is 11. The highest BCUT2D eigenvalue weighted by atomic mass is 32.1. The highest BCUT2D eigenvalue weighted by Gasteiger charge is 2.45. The lowest BCUT2D eigenvalue weighted by Gasteiger charge is -2.35. The van der Waals surface area contributed by atoms with Gasteiger partial charge in [0.15, 0.2) is 0 Å². The van der Waals surface area contributed by atoms with E-state index in [9.17, 15) is 34.2 Å². The number of nitrogens with two attached hydrogens (primary N) is 1. The molecule has 0 saturated carbocycles. The molecule has 15 nitrogen and oxygen atoms in total. The number of nitrogens with zero attached hydrogens (tertiary/aromatic N) is 3. The van der Waals surface area contributed by atoms with Crippen molar-refractivity contribution in [1.82, 2.24) is 25.8 Å². The molecule has 3 aliphatic heterocycles. The number of hydrogen-bond donors (Lipinski definition) is 6. The number of nitrogens with one attached hydrogen (secondary N) is 3. The van der Waals surface area contributed by atoms with E-state index in [0.29, 0.717) is 25.7 Å². The number of amides is 5. The quantitative estimate of drug-likeness (QED) is 0.0573. The van der Waals surface area contributed by atoms with Crippen molar-refractivity contribution in [3.63, 3.8) is 0 Å². The largest absolute Gasteiger partial charge is 0.391 e. The molecule has 1 fully saturated rings. The molecule has 1 unspecified atom stereocenters. The second-order valence-electron chi connectivity index (χ2n) is 20.5. The van der Waals surface area contributed by atoms with Gasteiger partial charge in [-0.25, -0.2) is 4.98 Å². The fourth-order valence-electron chi connectivity index (χ4n) is 10.0. The van der Waals surface area contributed by atoms with E-state index < -0.39 is 59.8 Å². The third-order valence-electron chi connectivity index (χ3n) is 14.1. The van der Waals surface area contributed by atoms with E-state index in [1.54, 1.807) is 11.3 Å². The minimum Gasteiger partial charge on any atom is -0.391 e. The summed E-state index contributed by atoms with van der Waals surface area (Å²) < 4.78 is 6.28. The highest BCUT2D eigenvalue weighted by molar-refractivity contribution is 7.13. The van der Waals surface area contributed by atoms with Crippen LogP contribution in [0.3, 0.4) is 0 Å². The maximum atomic E-state index is 14.2. The van der Waals surface area contributed by atoms with Crippen LogP contribution in [0.5, 0.6) is 0 Å². The third kappa shape index (κ3) is 12.8. The average Bonchev–Trinajstić information content (AvgIpc) is 4.03. The minimum atomic E-state index is -0.908. The zero-order valence-corrected chi connectivity index (χ0v) is 42.2. The molecule has 70 heavy (non-hydrogen) atoms. The molecule has 0 bridgehead atoms. The number of aliphatic hydroxyl groups excluding tert-OH is 2. The molecule has 376 valence electrons. The monoisotopic (exact) mass is 978 g/mol. The van der Waals surface area contributed by atoms with Crippen LogP contribution in [-0.2, 0) is 54.6 Å². The number of primary amides is 1. The average molecular weight is 978 g/mol. The van der Waals surface area contributed by atoms with Gasteiger partial charge in [0.05, 0.1) is 47.0 Å². The Morgan fingerprint density at radius 2 is 1.59 bits per heavy atom. The molecule has 3 aromatic carbocycles. The van der Waals surface area contributed by atoms with Crippen LogP contribution in [-0.4, -0.2) is 98.8 Å². The number of rotatable bonds is 20. The number of ether oxygens (including phenoxy) is 1. The van der Waals surface area contributed by atoms with E-state index >= 15 is 0 Å². The topological polar surface area (TPSA) is 217 Å². The fraction of sp³-hybridized carbons (Fsp3) is 0.519. The Balaban J connectivity index is 0.863. The van der Waals surface area contributed by atoms with Crippen molar-refractivity contribution in [2.24, 2.45) is 11.1 Å². The molecule has 5 amide bonds. The Labute approximate surface area is 416 Å². The van der Waals surface area contributed by atoms with E-state index in [1.165, 1.54) is 4.90 Å². The minimum absolute atomic E-state index is 0.00134. The number of aromatic nitrogens is 1. The maximum Gasteiger partial charge on any atom is 0.246 e. The molecule has 0 radical (unpaired) electrons. The van der Waals surface area contributed by atoms with Crippen molar-refractivity contribution in [3.05, 3.63) is 106 Å². The summed E-state index contributed by atoms with van der Waals surface area (Å²) in [4.78, 5) is 75.7. The summed E-state index contributed by atoms with van der Waals surface area (Å²) in [5.74, 6) is -1.69. The summed E-state index contributed by atoms with van der Waals surface area (Å²) in [5, 5.41) is 30.9. The van der Waals surface area contributed by atoms with Crippen LogP contribution in [0.25, 0.3) is 10.4 Å². The fourth-order valence-corrected chi connectivity index (χ4v) is 10.8. The van der Waals surface area contributed by atoms with Gasteiger partial charge in [-0.2, -0.15) is 0 Å². The van der Waals surface area contributed by atoms with E-state index in [1.807, 2.05) is 113 Å². The predicted molar refractivity (Wildman–Crippen MR) is 270 cm³/mol. The van der Waals surface area contributed by atoms with Crippen molar-refractivity contribution in [2.75, 3.05) is 11.4 Å². The number of benzene rings is 3. The number of carbonyl (C=O) groups is 5. The Morgan fingerprint density at radius 3 is 2.27 bits per heavy atom. The molecule has 7 rings (SSSR count). The van der Waals surface area contributed by atoms with E-state index in [0.717, 1.165) is 75.3 Å². The number of aliphatic hydroxyl groups is 2. The van der Waals surface area contributed by atoms with Gasteiger partial charge in [0.1, 0.15) is 24.4 Å². The number of likely N-dealkylation sites (tertiary alicyclic amines) is 1. The molecule has 16 heteroatoms. The molecule has 1 aromatic heterocycles. The Bertz CT molecular complexity index is 2470. The van der Waals surface area contributed by atoms with Gasteiger partial charge < -0.3 is 46.4 Å². The molecular formula is C54H71N7O8S. The van der Waals surface area contributed by atoms with Gasteiger partial charge in [-0.3, -0.25) is 24.0 Å². The normalized spacial score (nSPS) is 20.5. The predicted octanol–water partition coefficient (Wildman–Crippen LogP) is 5.94. The Hall–Kier alpha value is -5.68. The molecule has 7 N–H and O–H groups in total. The van der Waals surface area contributed by atoms with Gasteiger partial charge in [-0.1, -0.05) is 87.5 Å². The highest BCUT2D eigenvalue weighted by Crippen LogP contribution is 2.40. The number of thiazole rings is 1. The van der Waals surface area contributed by atoms with E-state index in [-0.39, 0.29) is 56.2 Å². The zero-order valence-electron chi connectivity index (χ0n) is 41.4. The summed E-state index contributed by atoms with van der Waals surface area (Å²) in [6.07, 6.45) is 3.48. The standard InChI is InChI=1S/C54H71N7O8S/c1-32(37-21-23-39(24-22-37)49-33(2)56-31-70-49)57-51(66)43-28-41(62)29-60(43)53(68)50(54(4,5)6)59-46(64)15-8-7-11-35-17-19-36(20-18-35)30-69-34(3)42(25-26-45(55)63)58-52(67)44-27-40-14-9-12-38-13-10-16-47(65)61(44)48(38)40/h9,12,14,17-24,31-32,34,41-44,47,50,62,65H,7-8,10-11,13,15-16,25-30H2,1-6H3,(H2,55,63)(H,57,66)(H,58,67)(H,59,64)/t32-,34+,41+,42-,43-,44-,47?,50+/m0/s1. The first kappa shape index (κ1) is 52.2. The van der Waals surface area contributed by atoms with Crippen molar-refractivity contribution in [3.8, 4) is 10.4 Å². The molecule has 4 heterocycles. The summed E-state index contributed by atoms with van der Waals surface area (Å²) in [7, 11) is 0. The van der Waals surface area contributed by atoms with Gasteiger partial charge in [0, 0.05) is 37.9 Å². The van der Waals surface area contributed by atoms with Crippen molar-refractivity contribution in [1.29, 1.82) is 0 Å². The Kier molecular flexibility index (Phi) is 17.2. The van der Waals surface area contributed by atoms with Crippen molar-refractivity contribution < 1.29 is 38.9 Å². The molecule has 1 saturated heterocycles. The van der Waals surface area contributed by atoms with E-state index in [2.05, 4.69) is 27.0 Å². The van der Waals surface area contributed by atoms with Gasteiger partial charge in [-0.15, -0.1) is 11.3 Å². The number of anilines is 1. The molecule has 8 atom stereocenters. The van der Waals surface area contributed by atoms with Crippen LogP contribution in [0, 0.1) is 12.3 Å². The van der Waals surface area contributed by atoms with Crippen molar-refractivity contribution >= 4 is 46.6 Å². The first-order valence-corrected chi connectivity index (χ1v) is 25.7. The number of para-hydroxylation sites is 1. The van der Waals surface area contributed by atoms with Gasteiger partial charge in [0.2, 0.25) is 29.5 Å². The number of β-amino-alcohol motifs (C(OH)–C–C–N with tert-alkyl or cyclic N) is 1. The van der Waals surface area contributed by atoms with Crippen molar-refractivity contribution in [2.45, 2.75) is 167 Å². The Morgan fingerprint density at radius 1 is 0.886 bits per heavy atom. The molecular weight excluding hydrogens is 907 g/mol. The van der Waals surface area contributed by atoms with Crippen LogP contribution in [0.2, 0.25) is 0 Å². The van der Waals surface area contributed by atoms with Gasteiger partial charge in [0.25, 0.3) is 0 Å². The third-order valence-corrected chi connectivity index (χ3v) is 15.0. The first-order valence-electron chi connectivity index (χ1n) is 24.8. The molecule has 0 spiro atoms. The van der Waals surface area contributed by atoms with Gasteiger partial charge >= 0.3 is 0 Å². The number of unbranched alkanes of at least 4 members (excludes halogenated alkanes) is 1.